The van der Waals surface area contributed by atoms with Crippen molar-refractivity contribution in [1.29, 1.82) is 0 Å². The molecule has 0 saturated heterocycles. The molecule has 1 fully saturated rings. The summed E-state index contributed by atoms with van der Waals surface area (Å²) >= 11 is 1.11. The van der Waals surface area contributed by atoms with E-state index >= 15 is 0 Å². The number of anilines is 1. The first-order chi connectivity index (χ1) is 16.1. The van der Waals surface area contributed by atoms with E-state index in [1.54, 1.807) is 24.3 Å². The normalized spacial score (nSPS) is 14.3. The summed E-state index contributed by atoms with van der Waals surface area (Å²) in [6.07, 6.45) is 6.83. The second kappa shape index (κ2) is 11.0. The zero-order chi connectivity index (χ0) is 23.0. The van der Waals surface area contributed by atoms with Crippen LogP contribution in [0.25, 0.3) is 0 Å². The van der Waals surface area contributed by atoms with E-state index in [1.807, 2.05) is 0 Å². The molecule has 9 heteroatoms. The van der Waals surface area contributed by atoms with E-state index in [-0.39, 0.29) is 29.4 Å². The van der Waals surface area contributed by atoms with Crippen LogP contribution in [0.2, 0.25) is 0 Å². The first-order valence-corrected chi connectivity index (χ1v) is 11.8. The van der Waals surface area contributed by atoms with Gasteiger partial charge in [0.25, 0.3) is 11.8 Å². The lowest BCUT2D eigenvalue weighted by Crippen LogP contribution is -2.34. The molecule has 3 aromatic rings. The molecule has 33 heavy (non-hydrogen) atoms. The van der Waals surface area contributed by atoms with Crippen LogP contribution in [0.3, 0.4) is 0 Å². The summed E-state index contributed by atoms with van der Waals surface area (Å²) in [4.78, 5) is 25.0. The van der Waals surface area contributed by atoms with Gasteiger partial charge in [0.05, 0.1) is 0 Å². The van der Waals surface area contributed by atoms with Crippen molar-refractivity contribution in [1.82, 2.24) is 15.5 Å². The predicted molar refractivity (Wildman–Crippen MR) is 124 cm³/mol. The van der Waals surface area contributed by atoms with Crippen LogP contribution < -0.4 is 15.4 Å². The van der Waals surface area contributed by atoms with Gasteiger partial charge in [-0.25, -0.2) is 4.39 Å². The van der Waals surface area contributed by atoms with Crippen LogP contribution in [0, 0.1) is 5.82 Å². The van der Waals surface area contributed by atoms with E-state index in [1.165, 1.54) is 37.1 Å². The molecule has 1 aromatic heterocycles. The maximum absolute atomic E-state index is 13.0. The summed E-state index contributed by atoms with van der Waals surface area (Å²) in [7, 11) is 0. The average Bonchev–Trinajstić information content (AvgIpc) is 3.16. The van der Waals surface area contributed by atoms with Crippen molar-refractivity contribution in [2.75, 3.05) is 5.32 Å². The summed E-state index contributed by atoms with van der Waals surface area (Å²) in [5.41, 5.74) is 1.12. The van der Waals surface area contributed by atoms with Crippen molar-refractivity contribution in [3.8, 4) is 5.75 Å². The Bertz CT molecular complexity index is 1080. The monoisotopic (exact) mass is 468 g/mol. The van der Waals surface area contributed by atoms with E-state index in [2.05, 4.69) is 20.8 Å². The molecular weight excluding hydrogens is 443 g/mol. The minimum Gasteiger partial charge on any atom is -0.486 e. The van der Waals surface area contributed by atoms with Crippen LogP contribution in [0.1, 0.15) is 63.7 Å². The zero-order valence-electron chi connectivity index (χ0n) is 18.1. The first kappa shape index (κ1) is 22.8. The topological polar surface area (TPSA) is 93.2 Å². The number of benzene rings is 2. The van der Waals surface area contributed by atoms with Crippen LogP contribution in [-0.2, 0) is 6.61 Å². The van der Waals surface area contributed by atoms with Crippen LogP contribution in [0.5, 0.6) is 5.75 Å². The number of carbonyl (C=O) groups is 2. The van der Waals surface area contributed by atoms with Gasteiger partial charge in [0.1, 0.15) is 18.2 Å². The Morgan fingerprint density at radius 2 is 1.64 bits per heavy atom. The summed E-state index contributed by atoms with van der Waals surface area (Å²) in [6, 6.07) is 12.7. The number of hydrogen-bond acceptors (Lipinski definition) is 6. The van der Waals surface area contributed by atoms with Gasteiger partial charge in [-0.3, -0.25) is 9.59 Å². The molecule has 0 bridgehead atoms. The third kappa shape index (κ3) is 6.58. The summed E-state index contributed by atoms with van der Waals surface area (Å²) in [5, 5.41) is 14.5. The van der Waals surface area contributed by atoms with E-state index in [0.29, 0.717) is 22.0 Å². The largest absolute Gasteiger partial charge is 0.486 e. The standard InChI is InChI=1S/C24H25FN4O3S/c25-17-9-13-20(14-10-17)32-15-21-28-29-24(33-21)23(31)27-19-11-7-16(8-12-19)22(30)26-18-5-3-1-2-4-6-18/h7-14,18H,1-6,15H2,(H,26,30)(H,27,31). The molecule has 2 aromatic carbocycles. The lowest BCUT2D eigenvalue weighted by atomic mass is 10.1. The summed E-state index contributed by atoms with van der Waals surface area (Å²) < 4.78 is 18.5. The van der Waals surface area contributed by atoms with Crippen molar-refractivity contribution in [2.24, 2.45) is 0 Å². The lowest BCUT2D eigenvalue weighted by molar-refractivity contribution is 0.0933. The minimum absolute atomic E-state index is 0.0882. The Hall–Kier alpha value is -3.33. The van der Waals surface area contributed by atoms with Crippen LogP contribution in [-0.4, -0.2) is 28.1 Å². The number of ether oxygens (including phenoxy) is 1. The van der Waals surface area contributed by atoms with Gasteiger partial charge in [0, 0.05) is 17.3 Å². The van der Waals surface area contributed by atoms with Gasteiger partial charge in [-0.05, 0) is 61.4 Å². The molecule has 172 valence electrons. The van der Waals surface area contributed by atoms with Crippen molar-refractivity contribution < 1.29 is 18.7 Å². The fourth-order valence-electron chi connectivity index (χ4n) is 3.66. The number of nitrogens with one attached hydrogen (secondary N) is 2. The van der Waals surface area contributed by atoms with E-state index in [9.17, 15) is 14.0 Å². The van der Waals surface area contributed by atoms with Crippen molar-refractivity contribution in [2.45, 2.75) is 51.2 Å². The molecule has 4 rings (SSSR count). The highest BCUT2D eigenvalue weighted by atomic mass is 32.1. The zero-order valence-corrected chi connectivity index (χ0v) is 18.9. The molecule has 0 aliphatic heterocycles. The SMILES string of the molecule is O=C(NC1CCCCCC1)c1ccc(NC(=O)c2nnc(COc3ccc(F)cc3)s2)cc1. The number of amides is 2. The third-order valence-corrected chi connectivity index (χ3v) is 6.33. The van der Waals surface area contributed by atoms with Crippen LogP contribution in [0.15, 0.2) is 48.5 Å². The summed E-state index contributed by atoms with van der Waals surface area (Å²) in [5.74, 6) is -0.322. The molecule has 1 saturated carbocycles. The van der Waals surface area contributed by atoms with Gasteiger partial charge in [-0.1, -0.05) is 37.0 Å². The van der Waals surface area contributed by atoms with Crippen molar-refractivity contribution >= 4 is 28.8 Å². The Morgan fingerprint density at radius 3 is 2.33 bits per heavy atom. The van der Waals surface area contributed by atoms with Crippen molar-refractivity contribution in [3.05, 3.63) is 69.9 Å². The predicted octanol–water partition coefficient (Wildman–Crippen LogP) is 4.96. The van der Waals surface area contributed by atoms with Gasteiger partial charge >= 0.3 is 0 Å². The van der Waals surface area contributed by atoms with Crippen LogP contribution >= 0.6 is 11.3 Å². The average molecular weight is 469 g/mol. The van der Waals surface area contributed by atoms with Gasteiger partial charge in [0.15, 0.2) is 5.01 Å². The second-order valence-electron chi connectivity index (χ2n) is 7.94. The van der Waals surface area contributed by atoms with Gasteiger partial charge in [0.2, 0.25) is 5.01 Å². The Morgan fingerprint density at radius 1 is 0.939 bits per heavy atom. The first-order valence-electron chi connectivity index (χ1n) is 11.0. The van der Waals surface area contributed by atoms with Gasteiger partial charge in [-0.2, -0.15) is 0 Å². The fraction of sp³-hybridized carbons (Fsp3) is 0.333. The molecule has 1 aliphatic rings. The molecule has 1 heterocycles. The van der Waals surface area contributed by atoms with E-state index < -0.39 is 5.91 Å². The quantitative estimate of drug-likeness (QED) is 0.478. The van der Waals surface area contributed by atoms with Crippen LogP contribution in [0.4, 0.5) is 10.1 Å². The Balaban J connectivity index is 1.28. The smallest absolute Gasteiger partial charge is 0.286 e. The number of halogens is 1. The van der Waals surface area contributed by atoms with Crippen molar-refractivity contribution in [3.63, 3.8) is 0 Å². The molecule has 0 unspecified atom stereocenters. The molecule has 0 spiro atoms. The Labute approximate surface area is 195 Å². The maximum Gasteiger partial charge on any atom is 0.286 e. The summed E-state index contributed by atoms with van der Waals surface area (Å²) in [6.45, 7) is 0.126. The lowest BCUT2D eigenvalue weighted by Gasteiger charge is -2.16. The molecule has 2 N–H and O–H groups in total. The minimum atomic E-state index is -0.392. The third-order valence-electron chi connectivity index (χ3n) is 5.43. The number of nitrogens with zero attached hydrogens (tertiary/aromatic N) is 2. The molecule has 7 nitrogen and oxygen atoms in total. The molecule has 2 amide bonds. The van der Waals surface area contributed by atoms with Gasteiger partial charge in [-0.15, -0.1) is 10.2 Å². The second-order valence-corrected chi connectivity index (χ2v) is 9.00. The highest BCUT2D eigenvalue weighted by Gasteiger charge is 2.17. The maximum atomic E-state index is 13.0. The molecule has 0 atom stereocenters. The number of hydrogen-bond donors (Lipinski definition) is 2. The van der Waals surface area contributed by atoms with E-state index in [0.717, 1.165) is 37.0 Å². The number of carbonyl (C=O) groups excluding carboxylic acids is 2. The molecular formula is C24H25FN4O3S. The molecule has 0 radical (unpaired) electrons. The highest BCUT2D eigenvalue weighted by molar-refractivity contribution is 7.13. The highest BCUT2D eigenvalue weighted by Crippen LogP contribution is 2.19. The van der Waals surface area contributed by atoms with Gasteiger partial charge < -0.3 is 15.4 Å². The number of rotatable bonds is 7. The molecule has 1 aliphatic carbocycles. The fourth-order valence-corrected chi connectivity index (χ4v) is 4.31. The number of aromatic nitrogens is 2. The Kier molecular flexibility index (Phi) is 7.62. The van der Waals surface area contributed by atoms with E-state index in [4.69, 9.17) is 4.74 Å².